The van der Waals surface area contributed by atoms with E-state index in [2.05, 4.69) is 545 Å². The van der Waals surface area contributed by atoms with Gasteiger partial charge in [-0.2, -0.15) is 0 Å². The van der Waals surface area contributed by atoms with Gasteiger partial charge in [0.05, 0.1) is 5.41 Å². The topological polar surface area (TPSA) is 0 Å². The van der Waals surface area contributed by atoms with Crippen molar-refractivity contribution < 1.29 is 0 Å². The zero-order chi connectivity index (χ0) is 98.5. The Labute approximate surface area is 832 Å². The van der Waals surface area contributed by atoms with Crippen molar-refractivity contribution >= 4 is 0 Å². The molecule has 0 saturated carbocycles. The Morgan fingerprint density at radius 1 is 0.151 bits per heavy atom. The van der Waals surface area contributed by atoms with Gasteiger partial charge in [0.2, 0.25) is 0 Å². The summed E-state index contributed by atoms with van der Waals surface area (Å²) >= 11 is 0. The second-order valence-electron chi connectivity index (χ2n) is 49.2. The van der Waals surface area contributed by atoms with Crippen molar-refractivity contribution in [3.05, 3.63) is 441 Å². The van der Waals surface area contributed by atoms with Crippen molar-refractivity contribution in [2.75, 3.05) is 0 Å². The molecule has 0 aromatic heterocycles. The van der Waals surface area contributed by atoms with E-state index in [1.165, 1.54) is 150 Å². The molecule has 17 aromatic carbocycles. The third-order valence-corrected chi connectivity index (χ3v) is 30.6. The minimum Gasteiger partial charge on any atom is -0.0619 e. The predicted octanol–water partition coefficient (Wildman–Crippen LogP) is 39.0. The number of hydrogen-bond acceptors (Lipinski definition) is 0. The molecule has 0 unspecified atom stereocenters. The number of benzene rings is 17. The number of hydrogen-bond donors (Lipinski definition) is 0. The van der Waals surface area contributed by atoms with Gasteiger partial charge in [-0.25, -0.2) is 0 Å². The van der Waals surface area contributed by atoms with Crippen LogP contribution in [0.1, 0.15) is 263 Å². The zero-order valence-electron chi connectivity index (χ0n) is 87.6. The van der Waals surface area contributed by atoms with Crippen molar-refractivity contribution in [2.45, 2.75) is 241 Å². The Morgan fingerprint density at radius 3 is 0.547 bits per heavy atom. The zero-order valence-corrected chi connectivity index (χ0v) is 87.6. The molecule has 0 heteroatoms. The van der Waals surface area contributed by atoms with Gasteiger partial charge in [-0.1, -0.05) is 429 Å². The van der Waals surface area contributed by atoms with Crippen LogP contribution in [0.2, 0.25) is 0 Å². The van der Waals surface area contributed by atoms with Gasteiger partial charge in [0, 0.05) is 5.41 Å². The maximum absolute atomic E-state index is 2.65. The van der Waals surface area contributed by atoms with E-state index in [0.29, 0.717) is 0 Å². The second kappa shape index (κ2) is 34.7. The van der Waals surface area contributed by atoms with Crippen LogP contribution in [-0.2, 0) is 54.1 Å². The van der Waals surface area contributed by atoms with Gasteiger partial charge >= 0.3 is 0 Å². The van der Waals surface area contributed by atoms with Gasteiger partial charge in [0.25, 0.3) is 0 Å². The summed E-state index contributed by atoms with van der Waals surface area (Å²) < 4.78 is 0. The van der Waals surface area contributed by atoms with E-state index in [1.54, 1.807) is 0 Å². The summed E-state index contributed by atoms with van der Waals surface area (Å²) in [4.78, 5) is 0. The molecule has 139 heavy (non-hydrogen) atoms. The molecule has 0 fully saturated rings. The highest BCUT2D eigenvalue weighted by molar-refractivity contribution is 6.03. The van der Waals surface area contributed by atoms with Crippen LogP contribution in [0.4, 0.5) is 0 Å². The normalized spacial score (nSPS) is 13.7. The second-order valence-corrected chi connectivity index (χ2v) is 49.2. The third-order valence-electron chi connectivity index (χ3n) is 30.6. The van der Waals surface area contributed by atoms with E-state index in [-0.39, 0.29) is 48.7 Å². The molecule has 0 nitrogen and oxygen atoms in total. The Kier molecular flexibility index (Phi) is 23.6. The Morgan fingerprint density at radius 2 is 0.331 bits per heavy atom. The first-order valence-electron chi connectivity index (χ1n) is 50.7. The molecule has 0 aliphatic heterocycles. The Bertz CT molecular complexity index is 6520. The van der Waals surface area contributed by atoms with Gasteiger partial charge in [-0.05, 0) is 399 Å². The first-order chi connectivity index (χ1) is 65.5. The first kappa shape index (κ1) is 94.7. The molecular weight excluding hydrogens is 1670 g/mol. The van der Waals surface area contributed by atoms with Crippen LogP contribution in [-0.4, -0.2) is 0 Å². The molecule has 696 valence electrons. The molecule has 0 atom stereocenters. The number of rotatable bonds is 14. The van der Waals surface area contributed by atoms with E-state index in [4.69, 9.17) is 0 Å². The highest BCUT2D eigenvalue weighted by Gasteiger charge is 2.51. The van der Waals surface area contributed by atoms with Gasteiger partial charge in [-0.3, -0.25) is 0 Å². The van der Waals surface area contributed by atoms with Crippen LogP contribution >= 0.6 is 0 Å². The van der Waals surface area contributed by atoms with Crippen molar-refractivity contribution in [3.63, 3.8) is 0 Å². The van der Waals surface area contributed by atoms with Crippen LogP contribution in [0.5, 0.6) is 0 Å². The molecule has 0 spiro atoms. The van der Waals surface area contributed by atoms with E-state index >= 15 is 0 Å². The molecule has 2 aliphatic rings. The van der Waals surface area contributed by atoms with Crippen LogP contribution in [0.15, 0.2) is 358 Å². The lowest BCUT2D eigenvalue weighted by Gasteiger charge is -2.36. The summed E-state index contributed by atoms with van der Waals surface area (Å²) in [7, 11) is 0. The predicted molar refractivity (Wildman–Crippen MR) is 601 cm³/mol. The highest BCUT2D eigenvalue weighted by atomic mass is 14.5. The lowest BCUT2D eigenvalue weighted by atomic mass is 9.65. The van der Waals surface area contributed by atoms with Crippen LogP contribution in [0.25, 0.3) is 156 Å². The molecule has 0 N–H and O–H groups in total. The minimum atomic E-state index is -1.07. The summed E-state index contributed by atoms with van der Waals surface area (Å²) in [5, 5.41) is 0. The van der Waals surface area contributed by atoms with E-state index in [0.717, 1.165) is 89.0 Å². The fourth-order valence-corrected chi connectivity index (χ4v) is 21.8. The lowest BCUT2D eigenvalue weighted by molar-refractivity contribution is 0.590. The van der Waals surface area contributed by atoms with Crippen molar-refractivity contribution in [1.29, 1.82) is 0 Å². The molecular formula is C139H140. The van der Waals surface area contributed by atoms with Crippen molar-refractivity contribution in [3.8, 4) is 156 Å². The smallest absolute Gasteiger partial charge is 0.0619 e. The minimum absolute atomic E-state index is 0.0400. The van der Waals surface area contributed by atoms with Gasteiger partial charge < -0.3 is 0 Å². The van der Waals surface area contributed by atoms with Crippen molar-refractivity contribution in [1.82, 2.24) is 0 Å². The molecule has 0 amide bonds. The van der Waals surface area contributed by atoms with Crippen LogP contribution < -0.4 is 0 Å². The highest BCUT2D eigenvalue weighted by Crippen LogP contribution is 2.65. The molecule has 17 aromatic rings. The fourth-order valence-electron chi connectivity index (χ4n) is 21.8. The largest absolute Gasteiger partial charge is 0.0714 e. The van der Waals surface area contributed by atoms with E-state index in [9.17, 15) is 0 Å². The number of fused-ring (bicyclic) bond motifs is 7. The quantitative estimate of drug-likeness (QED) is 0.102. The molecule has 0 radical (unpaired) electrons. The van der Waals surface area contributed by atoms with Gasteiger partial charge in [0.15, 0.2) is 0 Å². The number of aryl methyl sites for hydroxylation is 1. The maximum Gasteiger partial charge on any atom is 0.0714 e. The summed E-state index contributed by atoms with van der Waals surface area (Å²) in [5.74, 6) is 0. The van der Waals surface area contributed by atoms with Crippen LogP contribution in [0.3, 0.4) is 0 Å². The summed E-state index contributed by atoms with van der Waals surface area (Å²) in [6, 6.07) is 143. The molecule has 19 rings (SSSR count). The third kappa shape index (κ3) is 18.3. The SMILES string of the molecule is Cc1cccc2c1-c1c(ccc3c1-c1ccccc1C3(C)C)C2(c1cc(-c2cc(-c3ccc(C(C)(C)C)cc3)cc(-c3ccc(C(C)(C)C)cc3)c2)cc(-c2cc(-c3ccc(C(C)(C)C)cc3)cc(-c3ccc(C(C)(C)C)cc3)c2)c1)c1cc(-c2cc(-c3ccc(C(C)(C)C)cc3)cc(-c3ccc(C(C)(C)C)cc3)c2)cc(-c2cc(-c3ccc(C(C)(C)C)cc3)cc(-c3ccc(C(C)(C)C)cc3)c2)c1. The fraction of sp³-hybridized carbons (Fsp3) is 0.266. The average molecular weight is 1810 g/mol. The van der Waals surface area contributed by atoms with E-state index in [1.807, 2.05) is 0 Å². The molecule has 0 saturated heterocycles. The Hall–Kier alpha value is -13.3. The Balaban J connectivity index is 0.994. The maximum atomic E-state index is 2.65. The lowest BCUT2D eigenvalue weighted by Crippen LogP contribution is -2.29. The molecule has 0 heterocycles. The van der Waals surface area contributed by atoms with E-state index < -0.39 is 5.41 Å². The molecule has 0 bridgehead atoms. The van der Waals surface area contributed by atoms with Crippen LogP contribution in [0, 0.1) is 6.92 Å². The summed E-state index contributed by atoms with van der Waals surface area (Å²) in [5.41, 5.74) is 50.4. The monoisotopic (exact) mass is 1810 g/mol. The van der Waals surface area contributed by atoms with Crippen molar-refractivity contribution in [2.24, 2.45) is 0 Å². The molecule has 2 aliphatic carbocycles. The van der Waals surface area contributed by atoms with Gasteiger partial charge in [-0.15, -0.1) is 0 Å². The summed E-state index contributed by atoms with van der Waals surface area (Å²) in [6.07, 6.45) is 0. The first-order valence-corrected chi connectivity index (χ1v) is 50.7. The van der Waals surface area contributed by atoms with Gasteiger partial charge in [0.1, 0.15) is 0 Å². The average Bonchev–Trinajstić information content (AvgIpc) is 1.50. The summed E-state index contributed by atoms with van der Waals surface area (Å²) in [6.45, 7) is 63.0. The standard InChI is InChI=1S/C139H140/c1-87-31-30-34-125-127(87)129-126(68-67-124-128(129)122-32-28-29-33-123(122)138(124,26)27)139(125,120-83-108(104-73-96(88-35-51-112(52-36-88)130(2,3)4)69-97(74-104)89-37-53-113(54-38-89)131(5,6)7)81-109(84-120)105-75-98(90-39-55-114(56-40-90)132(8,9)10)70-99(76-105)91-41-57-115(58-42-91)133(11,12)13)121-85-110(106-77-100(92-43-59-116(60-44-92)134(14,15)16)71-101(78-106)93-45-61-117(62-46-93)135(17,18)19)82-111(86-121)107-79-102(94-47-63-118(64-48-94)136(20,21)22)72-103(80-107)95-49-65-119(66-50-95)137(23,24)25/h28-86H,1-27H3.